The van der Waals surface area contributed by atoms with Gasteiger partial charge < -0.3 is 20.3 Å². The number of amides is 2. The molecule has 2 aliphatic heterocycles. The minimum atomic E-state index is -0.652. The van der Waals surface area contributed by atoms with E-state index in [2.05, 4.69) is 0 Å². The quantitative estimate of drug-likeness (QED) is 0.885. The molecule has 2 amide bonds. The van der Waals surface area contributed by atoms with Gasteiger partial charge in [0.25, 0.3) is 5.91 Å². The number of anilines is 1. The van der Waals surface area contributed by atoms with Crippen molar-refractivity contribution in [2.24, 2.45) is 11.7 Å². The van der Waals surface area contributed by atoms with Crippen LogP contribution >= 0.6 is 0 Å². The van der Waals surface area contributed by atoms with E-state index in [4.69, 9.17) is 10.5 Å². The molecular formula is C16H20FN3O3. The Kier molecular flexibility index (Phi) is 4.47. The van der Waals surface area contributed by atoms with Crippen LogP contribution in [0.5, 0.6) is 0 Å². The SMILES string of the molecule is NC(=O)c1cc(F)ccc1N1CCN(C(=O)[C@H]2CCOC2)CC1. The molecule has 6 nitrogen and oxygen atoms in total. The monoisotopic (exact) mass is 321 g/mol. The number of nitrogens with two attached hydrogens (primary N) is 1. The Morgan fingerprint density at radius 1 is 1.22 bits per heavy atom. The number of rotatable bonds is 3. The Morgan fingerprint density at radius 3 is 2.57 bits per heavy atom. The lowest BCUT2D eigenvalue weighted by Crippen LogP contribution is -2.50. The molecule has 0 bridgehead atoms. The van der Waals surface area contributed by atoms with Crippen molar-refractivity contribution in [3.8, 4) is 0 Å². The number of hydrogen-bond acceptors (Lipinski definition) is 4. The van der Waals surface area contributed by atoms with Crippen molar-refractivity contribution in [1.82, 2.24) is 4.90 Å². The van der Waals surface area contributed by atoms with Crippen LogP contribution in [0.25, 0.3) is 0 Å². The van der Waals surface area contributed by atoms with E-state index in [9.17, 15) is 14.0 Å². The van der Waals surface area contributed by atoms with Crippen molar-refractivity contribution < 1.29 is 18.7 Å². The third-order valence-electron chi connectivity index (χ3n) is 4.44. The Morgan fingerprint density at radius 2 is 1.96 bits per heavy atom. The molecule has 0 radical (unpaired) electrons. The van der Waals surface area contributed by atoms with Crippen LogP contribution in [-0.2, 0) is 9.53 Å². The average Bonchev–Trinajstić information content (AvgIpc) is 3.09. The van der Waals surface area contributed by atoms with Crippen molar-refractivity contribution in [3.63, 3.8) is 0 Å². The molecule has 0 aliphatic carbocycles. The van der Waals surface area contributed by atoms with Gasteiger partial charge in [0.2, 0.25) is 5.91 Å². The summed E-state index contributed by atoms with van der Waals surface area (Å²) >= 11 is 0. The topological polar surface area (TPSA) is 75.9 Å². The second-order valence-corrected chi connectivity index (χ2v) is 5.90. The van der Waals surface area contributed by atoms with Crippen LogP contribution in [0.1, 0.15) is 16.8 Å². The Hall–Kier alpha value is -2.15. The molecule has 2 saturated heterocycles. The number of benzene rings is 1. The van der Waals surface area contributed by atoms with E-state index in [-0.39, 0.29) is 17.4 Å². The van der Waals surface area contributed by atoms with Gasteiger partial charge in [0.15, 0.2) is 0 Å². The molecule has 23 heavy (non-hydrogen) atoms. The summed E-state index contributed by atoms with van der Waals surface area (Å²) in [4.78, 5) is 27.7. The van der Waals surface area contributed by atoms with Crippen LogP contribution in [0, 0.1) is 11.7 Å². The maximum atomic E-state index is 13.3. The molecule has 0 saturated carbocycles. The molecule has 7 heteroatoms. The maximum Gasteiger partial charge on any atom is 0.250 e. The second kappa shape index (κ2) is 6.54. The molecule has 124 valence electrons. The normalized spacial score (nSPS) is 21.5. The number of ether oxygens (including phenoxy) is 1. The van der Waals surface area contributed by atoms with Gasteiger partial charge in [-0.2, -0.15) is 0 Å². The largest absolute Gasteiger partial charge is 0.381 e. The van der Waals surface area contributed by atoms with Crippen LogP contribution < -0.4 is 10.6 Å². The lowest BCUT2D eigenvalue weighted by atomic mass is 10.1. The van der Waals surface area contributed by atoms with Crippen LogP contribution in [0.3, 0.4) is 0 Å². The molecule has 3 rings (SSSR count). The maximum absolute atomic E-state index is 13.3. The van der Waals surface area contributed by atoms with Gasteiger partial charge in [-0.15, -0.1) is 0 Å². The first-order valence-corrected chi connectivity index (χ1v) is 7.77. The first-order chi connectivity index (χ1) is 11.1. The van der Waals surface area contributed by atoms with Crippen LogP contribution in [0.2, 0.25) is 0 Å². The molecule has 1 aromatic carbocycles. The fraction of sp³-hybridized carbons (Fsp3) is 0.500. The Balaban J connectivity index is 1.67. The van der Waals surface area contributed by atoms with E-state index < -0.39 is 11.7 Å². The fourth-order valence-corrected chi connectivity index (χ4v) is 3.14. The molecule has 0 aromatic heterocycles. The number of nitrogens with zero attached hydrogens (tertiary/aromatic N) is 2. The van der Waals surface area contributed by atoms with Gasteiger partial charge in [-0.05, 0) is 24.6 Å². The summed E-state index contributed by atoms with van der Waals surface area (Å²) < 4.78 is 18.6. The zero-order chi connectivity index (χ0) is 16.4. The third-order valence-corrected chi connectivity index (χ3v) is 4.44. The summed E-state index contributed by atoms with van der Waals surface area (Å²) in [6, 6.07) is 4.04. The molecule has 1 atom stereocenters. The van der Waals surface area contributed by atoms with Gasteiger partial charge in [0.1, 0.15) is 5.82 Å². The van der Waals surface area contributed by atoms with Gasteiger partial charge >= 0.3 is 0 Å². The highest BCUT2D eigenvalue weighted by Gasteiger charge is 2.30. The number of halogens is 1. The van der Waals surface area contributed by atoms with Crippen molar-refractivity contribution in [3.05, 3.63) is 29.6 Å². The van der Waals surface area contributed by atoms with Gasteiger partial charge in [0.05, 0.1) is 18.1 Å². The molecule has 2 fully saturated rings. The molecule has 0 unspecified atom stereocenters. The van der Waals surface area contributed by atoms with Crippen molar-refractivity contribution >= 4 is 17.5 Å². The van der Waals surface area contributed by atoms with Crippen molar-refractivity contribution in [2.45, 2.75) is 6.42 Å². The molecule has 0 spiro atoms. The average molecular weight is 321 g/mol. The summed E-state index contributed by atoms with van der Waals surface area (Å²) in [5.41, 5.74) is 6.13. The lowest BCUT2D eigenvalue weighted by Gasteiger charge is -2.37. The molecule has 2 heterocycles. The molecule has 2 N–H and O–H groups in total. The van der Waals surface area contributed by atoms with E-state index in [1.807, 2.05) is 9.80 Å². The van der Waals surface area contributed by atoms with Crippen molar-refractivity contribution in [2.75, 3.05) is 44.3 Å². The summed E-state index contributed by atoms with van der Waals surface area (Å²) in [6.45, 7) is 3.48. The molecule has 1 aromatic rings. The van der Waals surface area contributed by atoms with E-state index in [0.29, 0.717) is 45.1 Å². The molecule has 2 aliphatic rings. The zero-order valence-corrected chi connectivity index (χ0v) is 12.8. The Bertz CT molecular complexity index is 609. The number of carbonyl (C=O) groups is 2. The van der Waals surface area contributed by atoms with E-state index in [0.717, 1.165) is 12.5 Å². The first-order valence-electron chi connectivity index (χ1n) is 7.77. The van der Waals surface area contributed by atoms with Gasteiger partial charge in [0, 0.05) is 38.5 Å². The van der Waals surface area contributed by atoms with E-state index in [1.165, 1.54) is 6.07 Å². The summed E-state index contributed by atoms with van der Waals surface area (Å²) in [7, 11) is 0. The lowest BCUT2D eigenvalue weighted by molar-refractivity contribution is -0.135. The van der Waals surface area contributed by atoms with Gasteiger partial charge in [-0.3, -0.25) is 9.59 Å². The van der Waals surface area contributed by atoms with Crippen LogP contribution in [0.4, 0.5) is 10.1 Å². The highest BCUT2D eigenvalue weighted by molar-refractivity contribution is 5.98. The smallest absolute Gasteiger partial charge is 0.250 e. The predicted octanol–water partition coefficient (Wildman–Crippen LogP) is 0.610. The van der Waals surface area contributed by atoms with Gasteiger partial charge in [-0.1, -0.05) is 0 Å². The predicted molar refractivity (Wildman–Crippen MR) is 82.6 cm³/mol. The summed E-state index contributed by atoms with van der Waals surface area (Å²) in [5.74, 6) is -1.04. The van der Waals surface area contributed by atoms with Crippen molar-refractivity contribution in [1.29, 1.82) is 0 Å². The molecular weight excluding hydrogens is 301 g/mol. The minimum Gasteiger partial charge on any atom is -0.381 e. The number of piperazine rings is 1. The summed E-state index contributed by atoms with van der Waals surface area (Å²) in [5, 5.41) is 0. The third kappa shape index (κ3) is 3.29. The number of hydrogen-bond donors (Lipinski definition) is 1. The summed E-state index contributed by atoms with van der Waals surface area (Å²) in [6.07, 6.45) is 0.781. The zero-order valence-electron chi connectivity index (χ0n) is 12.8. The highest BCUT2D eigenvalue weighted by Crippen LogP contribution is 2.24. The number of carbonyl (C=O) groups excluding carboxylic acids is 2. The number of primary amides is 1. The highest BCUT2D eigenvalue weighted by atomic mass is 19.1. The first kappa shape index (κ1) is 15.7. The Labute approximate surface area is 134 Å². The fourth-order valence-electron chi connectivity index (χ4n) is 3.14. The van der Waals surface area contributed by atoms with Crippen LogP contribution in [0.15, 0.2) is 18.2 Å². The minimum absolute atomic E-state index is 0.0337. The van der Waals surface area contributed by atoms with E-state index >= 15 is 0 Å². The second-order valence-electron chi connectivity index (χ2n) is 5.90. The van der Waals surface area contributed by atoms with Crippen LogP contribution in [-0.4, -0.2) is 56.1 Å². The van der Waals surface area contributed by atoms with Gasteiger partial charge in [-0.25, -0.2) is 4.39 Å². The standard InChI is InChI=1S/C16H20FN3O3/c17-12-1-2-14(13(9-12)15(18)21)19-4-6-20(7-5-19)16(22)11-3-8-23-10-11/h1-2,9,11H,3-8,10H2,(H2,18,21)/t11-/m0/s1. The van der Waals surface area contributed by atoms with E-state index in [1.54, 1.807) is 6.07 Å².